The summed E-state index contributed by atoms with van der Waals surface area (Å²) in [5.41, 5.74) is 1.75. The van der Waals surface area contributed by atoms with Crippen molar-refractivity contribution < 1.29 is 33.8 Å². The number of hydrogen-bond acceptors (Lipinski definition) is 7. The quantitative estimate of drug-likeness (QED) is 0.530. The molecule has 0 aliphatic carbocycles. The number of esters is 1. The summed E-state index contributed by atoms with van der Waals surface area (Å²) in [4.78, 5) is 48.4. The van der Waals surface area contributed by atoms with E-state index in [1.165, 1.54) is 7.11 Å². The van der Waals surface area contributed by atoms with Crippen molar-refractivity contribution in [1.82, 2.24) is 4.90 Å². The molecule has 0 radical (unpaired) electrons. The van der Waals surface area contributed by atoms with Crippen molar-refractivity contribution >= 4 is 40.9 Å². The first-order chi connectivity index (χ1) is 14.4. The van der Waals surface area contributed by atoms with Gasteiger partial charge in [0.05, 0.1) is 24.1 Å². The van der Waals surface area contributed by atoms with Crippen LogP contribution in [0.4, 0.5) is 4.79 Å². The minimum absolute atomic E-state index is 0.0887. The maximum Gasteiger partial charge on any atom is 0.341 e. The first kappa shape index (κ1) is 21.1. The van der Waals surface area contributed by atoms with Crippen LogP contribution in [-0.4, -0.2) is 46.8 Å². The van der Waals surface area contributed by atoms with E-state index in [4.69, 9.17) is 9.84 Å². The number of carbonyl (C=O) groups is 4. The standard InChI is InChI=1S/C21H17NO7S/c1-28-20(26)15-6-2-14(3-7-15)11-22-19(25)17(30-21(22)27)10-13-4-8-16(9-5-13)29-12-18(23)24/h2-10H,11-12H2,1H3,(H,23,24)/b17-10+. The van der Waals surface area contributed by atoms with E-state index in [0.29, 0.717) is 22.4 Å². The van der Waals surface area contributed by atoms with E-state index in [0.717, 1.165) is 16.7 Å². The molecule has 0 saturated carbocycles. The number of carbonyl (C=O) groups excluding carboxylic acids is 3. The average molecular weight is 427 g/mol. The highest BCUT2D eigenvalue weighted by atomic mass is 32.2. The van der Waals surface area contributed by atoms with Crippen molar-refractivity contribution in [1.29, 1.82) is 0 Å². The van der Waals surface area contributed by atoms with E-state index in [1.54, 1.807) is 54.6 Å². The molecule has 2 aromatic rings. The Labute approximate surface area is 176 Å². The van der Waals surface area contributed by atoms with Crippen molar-refractivity contribution in [2.24, 2.45) is 0 Å². The van der Waals surface area contributed by atoms with Crippen molar-refractivity contribution in [3.63, 3.8) is 0 Å². The first-order valence-corrected chi connectivity index (χ1v) is 9.56. The fourth-order valence-electron chi connectivity index (χ4n) is 2.64. The molecule has 2 amide bonds. The fourth-order valence-corrected chi connectivity index (χ4v) is 3.48. The van der Waals surface area contributed by atoms with Gasteiger partial charge in [-0.15, -0.1) is 0 Å². The monoisotopic (exact) mass is 427 g/mol. The number of ether oxygens (including phenoxy) is 2. The number of nitrogens with zero attached hydrogens (tertiary/aromatic N) is 1. The van der Waals surface area contributed by atoms with E-state index in [2.05, 4.69) is 4.74 Å². The van der Waals surface area contributed by atoms with Crippen molar-refractivity contribution in [3.05, 3.63) is 70.1 Å². The molecule has 0 spiro atoms. The Hall–Kier alpha value is -3.59. The van der Waals surface area contributed by atoms with Gasteiger partial charge in [0.2, 0.25) is 0 Å². The molecule has 0 bridgehead atoms. The number of thioether (sulfide) groups is 1. The van der Waals surface area contributed by atoms with Crippen LogP contribution in [0.25, 0.3) is 6.08 Å². The lowest BCUT2D eigenvalue weighted by molar-refractivity contribution is -0.139. The Morgan fingerprint density at radius 3 is 2.33 bits per heavy atom. The van der Waals surface area contributed by atoms with Gasteiger partial charge in [-0.3, -0.25) is 14.5 Å². The zero-order chi connectivity index (χ0) is 21.7. The molecule has 0 aromatic heterocycles. The SMILES string of the molecule is COC(=O)c1ccc(CN2C(=O)S/C(=C/c3ccc(OCC(=O)O)cc3)C2=O)cc1. The third kappa shape index (κ3) is 5.06. The molecule has 30 heavy (non-hydrogen) atoms. The summed E-state index contributed by atoms with van der Waals surface area (Å²) in [5.74, 6) is -1.56. The van der Waals surface area contributed by atoms with Crippen molar-refractivity contribution in [2.45, 2.75) is 6.54 Å². The number of aliphatic carboxylic acids is 1. The summed E-state index contributed by atoms with van der Waals surface area (Å²) >= 11 is 0.841. The van der Waals surface area contributed by atoms with Crippen LogP contribution in [0.3, 0.4) is 0 Å². The van der Waals surface area contributed by atoms with E-state index in [9.17, 15) is 19.2 Å². The minimum Gasteiger partial charge on any atom is -0.482 e. The number of amides is 2. The van der Waals surface area contributed by atoms with Crippen LogP contribution in [0.2, 0.25) is 0 Å². The molecule has 0 atom stereocenters. The van der Waals surface area contributed by atoms with Crippen LogP contribution >= 0.6 is 11.8 Å². The van der Waals surface area contributed by atoms with Gasteiger partial charge in [0.25, 0.3) is 11.1 Å². The van der Waals surface area contributed by atoms with Crippen LogP contribution in [0.5, 0.6) is 5.75 Å². The van der Waals surface area contributed by atoms with Gasteiger partial charge in [-0.25, -0.2) is 9.59 Å². The van der Waals surface area contributed by atoms with Crippen LogP contribution in [-0.2, 0) is 20.9 Å². The minimum atomic E-state index is -1.08. The summed E-state index contributed by atoms with van der Waals surface area (Å²) in [6, 6.07) is 13.0. The number of benzene rings is 2. The average Bonchev–Trinajstić information content (AvgIpc) is 3.00. The third-order valence-electron chi connectivity index (χ3n) is 4.13. The van der Waals surface area contributed by atoms with Gasteiger partial charge in [-0.1, -0.05) is 24.3 Å². The molecule has 1 heterocycles. The van der Waals surface area contributed by atoms with Crippen molar-refractivity contribution in [2.75, 3.05) is 13.7 Å². The number of rotatable bonds is 7. The topological polar surface area (TPSA) is 110 Å². The lowest BCUT2D eigenvalue weighted by Crippen LogP contribution is -2.27. The molecule has 1 fully saturated rings. The molecular weight excluding hydrogens is 410 g/mol. The molecular formula is C21H17NO7S. The van der Waals surface area contributed by atoms with Gasteiger partial charge in [0.15, 0.2) is 6.61 Å². The first-order valence-electron chi connectivity index (χ1n) is 8.74. The summed E-state index contributed by atoms with van der Waals surface area (Å²) in [6.45, 7) is -0.357. The summed E-state index contributed by atoms with van der Waals surface area (Å²) < 4.78 is 9.70. The van der Waals surface area contributed by atoms with E-state index in [-0.39, 0.29) is 16.7 Å². The largest absolute Gasteiger partial charge is 0.482 e. The number of imide groups is 1. The Morgan fingerprint density at radius 1 is 1.07 bits per heavy atom. The zero-order valence-electron chi connectivity index (χ0n) is 15.9. The summed E-state index contributed by atoms with van der Waals surface area (Å²) in [5, 5.41) is 8.24. The number of hydrogen-bond donors (Lipinski definition) is 1. The van der Waals surface area contributed by atoms with Gasteiger partial charge in [0, 0.05) is 0 Å². The van der Waals surface area contributed by atoms with Crippen LogP contribution < -0.4 is 4.74 Å². The molecule has 8 nitrogen and oxygen atoms in total. The van der Waals surface area contributed by atoms with E-state index >= 15 is 0 Å². The highest BCUT2D eigenvalue weighted by Gasteiger charge is 2.35. The molecule has 154 valence electrons. The molecule has 1 aliphatic rings. The normalized spacial score (nSPS) is 14.8. The van der Waals surface area contributed by atoms with Gasteiger partial charge in [-0.2, -0.15) is 0 Å². The molecule has 1 N–H and O–H groups in total. The molecule has 1 aliphatic heterocycles. The molecule has 0 unspecified atom stereocenters. The number of methoxy groups -OCH3 is 1. The van der Waals surface area contributed by atoms with Gasteiger partial charge in [0.1, 0.15) is 5.75 Å². The number of carboxylic acids is 1. The second-order valence-corrected chi connectivity index (χ2v) is 7.20. The van der Waals surface area contributed by atoms with Crippen molar-refractivity contribution in [3.8, 4) is 5.75 Å². The Bertz CT molecular complexity index is 1010. The Kier molecular flexibility index (Phi) is 6.53. The van der Waals surface area contributed by atoms with Gasteiger partial charge < -0.3 is 14.6 Å². The third-order valence-corrected chi connectivity index (χ3v) is 5.04. The van der Waals surface area contributed by atoms with Crippen LogP contribution in [0.1, 0.15) is 21.5 Å². The Balaban J connectivity index is 1.68. The van der Waals surface area contributed by atoms with Gasteiger partial charge in [-0.05, 0) is 53.2 Å². The van der Waals surface area contributed by atoms with Crippen LogP contribution in [0.15, 0.2) is 53.4 Å². The summed E-state index contributed by atoms with van der Waals surface area (Å²) in [7, 11) is 1.29. The molecule has 3 rings (SSSR count). The predicted molar refractivity (Wildman–Crippen MR) is 109 cm³/mol. The van der Waals surface area contributed by atoms with E-state index < -0.39 is 24.5 Å². The zero-order valence-corrected chi connectivity index (χ0v) is 16.7. The maximum atomic E-state index is 12.6. The second-order valence-electron chi connectivity index (χ2n) is 6.21. The fraction of sp³-hybridized carbons (Fsp3) is 0.143. The highest BCUT2D eigenvalue weighted by Crippen LogP contribution is 2.33. The number of carboxylic acid groups (broad SMARTS) is 1. The summed E-state index contributed by atoms with van der Waals surface area (Å²) in [6.07, 6.45) is 1.59. The highest BCUT2D eigenvalue weighted by molar-refractivity contribution is 8.18. The molecule has 2 aromatic carbocycles. The van der Waals surface area contributed by atoms with Crippen LogP contribution in [0, 0.1) is 0 Å². The Morgan fingerprint density at radius 2 is 1.73 bits per heavy atom. The predicted octanol–water partition coefficient (Wildman–Crippen LogP) is 3.17. The smallest absolute Gasteiger partial charge is 0.341 e. The lowest BCUT2D eigenvalue weighted by atomic mass is 10.1. The van der Waals surface area contributed by atoms with E-state index in [1.807, 2.05) is 0 Å². The maximum absolute atomic E-state index is 12.6. The molecule has 9 heteroatoms. The molecule has 1 saturated heterocycles. The lowest BCUT2D eigenvalue weighted by Gasteiger charge is -2.12. The van der Waals surface area contributed by atoms with Gasteiger partial charge >= 0.3 is 11.9 Å². The second kappa shape index (κ2) is 9.27.